The van der Waals surface area contributed by atoms with Crippen LogP contribution in [0.25, 0.3) is 0 Å². The number of allylic oxidation sites excluding steroid dienone is 1. The lowest BCUT2D eigenvalue weighted by molar-refractivity contribution is 0.0819. The Labute approximate surface area is 186 Å². The molecule has 1 atom stereocenters. The third-order valence-electron chi connectivity index (χ3n) is 5.90. The van der Waals surface area contributed by atoms with Crippen LogP contribution in [0.15, 0.2) is 89.6 Å². The summed E-state index contributed by atoms with van der Waals surface area (Å²) in [4.78, 5) is 19.6. The predicted octanol–water partition coefficient (Wildman–Crippen LogP) is 4.61. The van der Waals surface area contributed by atoms with Gasteiger partial charge in [-0.1, -0.05) is 24.3 Å². The molecule has 6 nitrogen and oxygen atoms in total. The maximum Gasteiger partial charge on any atom is 0.188 e. The van der Waals surface area contributed by atoms with E-state index >= 15 is 0 Å². The van der Waals surface area contributed by atoms with Crippen molar-refractivity contribution in [1.82, 2.24) is 0 Å². The van der Waals surface area contributed by atoms with E-state index in [4.69, 9.17) is 14.5 Å². The Balaban J connectivity index is 1.67. The third-order valence-corrected chi connectivity index (χ3v) is 5.90. The van der Waals surface area contributed by atoms with Gasteiger partial charge in [0.25, 0.3) is 0 Å². The number of aliphatic imine (C=N–C) groups is 1. The smallest absolute Gasteiger partial charge is 0.188 e. The van der Waals surface area contributed by atoms with Crippen molar-refractivity contribution in [3.8, 4) is 11.5 Å². The number of nitrogens with zero attached hydrogens (tertiary/aromatic N) is 2. The van der Waals surface area contributed by atoms with Crippen LogP contribution < -0.4 is 14.4 Å². The number of carbonyl (C=O) groups is 1. The summed E-state index contributed by atoms with van der Waals surface area (Å²) in [7, 11) is 3.23. The van der Waals surface area contributed by atoms with Gasteiger partial charge in [0.05, 0.1) is 25.6 Å². The maximum atomic E-state index is 12.9. The van der Waals surface area contributed by atoms with Gasteiger partial charge in [0.1, 0.15) is 22.9 Å². The molecule has 1 N–H and O–H groups in total. The molecule has 6 heteroatoms. The molecule has 1 unspecified atom stereocenters. The number of hydrogen-bond acceptors (Lipinski definition) is 5. The molecule has 1 aliphatic carbocycles. The Morgan fingerprint density at radius 1 is 0.906 bits per heavy atom. The van der Waals surface area contributed by atoms with E-state index in [2.05, 4.69) is 0 Å². The van der Waals surface area contributed by atoms with Crippen LogP contribution in [0, 0.1) is 0 Å². The molecule has 160 valence electrons. The number of methoxy groups -OCH3 is 2. The maximum absolute atomic E-state index is 12.9. The van der Waals surface area contributed by atoms with Gasteiger partial charge in [-0.2, -0.15) is 0 Å². The molecule has 32 heavy (non-hydrogen) atoms. The van der Waals surface area contributed by atoms with E-state index in [0.717, 1.165) is 22.9 Å². The van der Waals surface area contributed by atoms with Crippen molar-refractivity contribution < 1.29 is 19.4 Å². The first-order valence-corrected chi connectivity index (χ1v) is 10.3. The molecule has 0 aromatic heterocycles. The van der Waals surface area contributed by atoms with Crippen molar-refractivity contribution in [2.45, 2.75) is 12.0 Å². The third kappa shape index (κ3) is 3.16. The van der Waals surface area contributed by atoms with Gasteiger partial charge in [-0.05, 0) is 48.5 Å². The quantitative estimate of drug-likeness (QED) is 0.660. The second-order valence-electron chi connectivity index (χ2n) is 7.74. The molecule has 1 heterocycles. The molecule has 0 saturated carbocycles. The van der Waals surface area contributed by atoms with E-state index in [0.29, 0.717) is 22.7 Å². The van der Waals surface area contributed by atoms with Crippen LogP contribution in [0.2, 0.25) is 0 Å². The lowest BCUT2D eigenvalue weighted by Crippen LogP contribution is -2.34. The fourth-order valence-electron chi connectivity index (χ4n) is 4.31. The Morgan fingerprint density at radius 3 is 2.19 bits per heavy atom. The zero-order valence-electron chi connectivity index (χ0n) is 17.8. The standard InChI is InChI=1S/C26H22N2O4/c1-31-19-11-7-17(8-12-19)27-25-16-26(30)22-6-4-3-5-21(22)23(29)15-24(26)28(25)18-9-13-20(32-2)14-10-18/h3-15,30H,16H2,1-2H3. The largest absolute Gasteiger partial charge is 0.497 e. The highest BCUT2D eigenvalue weighted by molar-refractivity contribution is 6.14. The summed E-state index contributed by atoms with van der Waals surface area (Å²) in [5, 5.41) is 11.9. The van der Waals surface area contributed by atoms with E-state index in [-0.39, 0.29) is 12.2 Å². The van der Waals surface area contributed by atoms with Gasteiger partial charge >= 0.3 is 0 Å². The molecule has 3 aromatic carbocycles. The van der Waals surface area contributed by atoms with Gasteiger partial charge in [-0.3, -0.25) is 9.69 Å². The summed E-state index contributed by atoms with van der Waals surface area (Å²) < 4.78 is 10.5. The highest BCUT2D eigenvalue weighted by atomic mass is 16.5. The molecule has 0 bridgehead atoms. The molecule has 0 radical (unpaired) electrons. The van der Waals surface area contributed by atoms with Crippen LogP contribution in [-0.4, -0.2) is 30.9 Å². The second-order valence-corrected chi connectivity index (χ2v) is 7.74. The molecular weight excluding hydrogens is 404 g/mol. The molecule has 1 fully saturated rings. The monoisotopic (exact) mass is 426 g/mol. The van der Waals surface area contributed by atoms with E-state index in [1.54, 1.807) is 20.3 Å². The van der Waals surface area contributed by atoms with E-state index in [1.165, 1.54) is 6.08 Å². The minimum atomic E-state index is -1.35. The van der Waals surface area contributed by atoms with Gasteiger partial charge in [-0.15, -0.1) is 0 Å². The zero-order valence-corrected chi connectivity index (χ0v) is 17.8. The fraction of sp³-hybridized carbons (Fsp3) is 0.154. The number of amidine groups is 1. The number of ether oxygens (including phenoxy) is 2. The molecule has 1 saturated heterocycles. The van der Waals surface area contributed by atoms with Gasteiger partial charge in [0.15, 0.2) is 5.78 Å². The Kier molecular flexibility index (Phi) is 4.79. The number of fused-ring (bicyclic) bond motifs is 3. The Morgan fingerprint density at radius 2 is 1.53 bits per heavy atom. The number of rotatable bonds is 4. The number of aliphatic hydroxyl groups is 1. The summed E-state index contributed by atoms with van der Waals surface area (Å²) in [6, 6.07) is 22.1. The summed E-state index contributed by atoms with van der Waals surface area (Å²) in [5.74, 6) is 1.96. The Bertz CT molecular complexity index is 1250. The van der Waals surface area contributed by atoms with Gasteiger partial charge < -0.3 is 14.6 Å². The highest BCUT2D eigenvalue weighted by Gasteiger charge is 2.51. The molecule has 3 aromatic rings. The summed E-state index contributed by atoms with van der Waals surface area (Å²) in [6.45, 7) is 0. The van der Waals surface area contributed by atoms with Crippen LogP contribution in [0.4, 0.5) is 11.4 Å². The number of hydrogen-bond donors (Lipinski definition) is 1. The first-order chi connectivity index (χ1) is 15.5. The minimum absolute atomic E-state index is 0.135. The second kappa shape index (κ2) is 7.66. The van der Waals surface area contributed by atoms with Crippen LogP contribution >= 0.6 is 0 Å². The zero-order chi connectivity index (χ0) is 22.3. The van der Waals surface area contributed by atoms with E-state index in [9.17, 15) is 9.90 Å². The molecule has 1 aliphatic heterocycles. The Hall–Kier alpha value is -3.90. The van der Waals surface area contributed by atoms with E-state index in [1.807, 2.05) is 71.6 Å². The minimum Gasteiger partial charge on any atom is -0.497 e. The van der Waals surface area contributed by atoms with Crippen LogP contribution in [0.3, 0.4) is 0 Å². The molecule has 0 spiro atoms. The lowest BCUT2D eigenvalue weighted by Gasteiger charge is -2.32. The summed E-state index contributed by atoms with van der Waals surface area (Å²) in [5.41, 5.74) is 1.77. The number of benzene rings is 3. The van der Waals surface area contributed by atoms with Gasteiger partial charge in [-0.25, -0.2) is 4.99 Å². The van der Waals surface area contributed by atoms with Crippen LogP contribution in [0.1, 0.15) is 22.3 Å². The van der Waals surface area contributed by atoms with Crippen molar-refractivity contribution >= 4 is 23.0 Å². The molecular formula is C26H22N2O4. The first kappa shape index (κ1) is 20.0. The van der Waals surface area contributed by atoms with E-state index < -0.39 is 5.60 Å². The van der Waals surface area contributed by atoms with Crippen molar-refractivity contribution in [3.05, 3.63) is 95.7 Å². The van der Waals surface area contributed by atoms with Crippen molar-refractivity contribution in [2.24, 2.45) is 4.99 Å². The lowest BCUT2D eigenvalue weighted by atomic mass is 9.80. The highest BCUT2D eigenvalue weighted by Crippen LogP contribution is 2.48. The molecule has 5 rings (SSSR count). The topological polar surface area (TPSA) is 71.4 Å². The molecule has 2 aliphatic rings. The summed E-state index contributed by atoms with van der Waals surface area (Å²) in [6.07, 6.45) is 1.75. The average molecular weight is 426 g/mol. The van der Waals surface area contributed by atoms with Crippen molar-refractivity contribution in [3.63, 3.8) is 0 Å². The first-order valence-electron chi connectivity index (χ1n) is 10.3. The van der Waals surface area contributed by atoms with Crippen LogP contribution in [0.5, 0.6) is 11.5 Å². The normalized spacial score (nSPS) is 20.6. The van der Waals surface area contributed by atoms with Gasteiger partial charge in [0.2, 0.25) is 0 Å². The number of carbonyl (C=O) groups excluding carboxylic acids is 1. The van der Waals surface area contributed by atoms with Gasteiger partial charge in [0, 0.05) is 29.3 Å². The fourth-order valence-corrected chi connectivity index (χ4v) is 4.31. The SMILES string of the molecule is COc1ccc(N=C2CC3(O)C(=CC(=O)c4ccccc43)N2c2ccc(OC)cc2)cc1. The number of anilines is 1. The van der Waals surface area contributed by atoms with Crippen molar-refractivity contribution in [1.29, 1.82) is 0 Å². The predicted molar refractivity (Wildman–Crippen MR) is 123 cm³/mol. The average Bonchev–Trinajstić information content (AvgIpc) is 3.12. The number of ketones is 1. The molecule has 0 amide bonds. The van der Waals surface area contributed by atoms with Crippen molar-refractivity contribution in [2.75, 3.05) is 19.1 Å². The van der Waals surface area contributed by atoms with Crippen LogP contribution in [-0.2, 0) is 5.60 Å². The summed E-state index contributed by atoms with van der Waals surface area (Å²) >= 11 is 0.